The minimum absolute atomic E-state index is 0.00342. The van der Waals surface area contributed by atoms with Gasteiger partial charge in [-0.15, -0.1) is 0 Å². The molecule has 0 radical (unpaired) electrons. The van der Waals surface area contributed by atoms with Crippen LogP contribution in [-0.4, -0.2) is 25.5 Å². The smallest absolute Gasteiger partial charge is 0.244 e. The van der Waals surface area contributed by atoms with Gasteiger partial charge in [0.25, 0.3) is 0 Å². The highest BCUT2D eigenvalue weighted by atomic mass is 32.2. The molecular weight excluding hydrogens is 464 g/mol. The first-order chi connectivity index (χ1) is 16.7. The number of nitrogens with zero attached hydrogens (tertiary/aromatic N) is 1. The molecule has 0 unspecified atom stereocenters. The monoisotopic (exact) mass is 490 g/mol. The van der Waals surface area contributed by atoms with E-state index in [1.54, 1.807) is 30.3 Å². The van der Waals surface area contributed by atoms with Gasteiger partial charge in [0.2, 0.25) is 21.2 Å². The van der Waals surface area contributed by atoms with E-state index in [9.17, 15) is 18.0 Å². The average molecular weight is 491 g/mol. The number of benzene rings is 3. The molecule has 35 heavy (non-hydrogen) atoms. The summed E-state index contributed by atoms with van der Waals surface area (Å²) in [6, 6.07) is 18.3. The fourth-order valence-corrected chi connectivity index (χ4v) is 5.34. The fourth-order valence-electron chi connectivity index (χ4n) is 3.95. The second kappa shape index (κ2) is 9.76. The molecule has 0 aliphatic carbocycles. The van der Waals surface area contributed by atoms with Crippen molar-refractivity contribution >= 4 is 32.3 Å². The van der Waals surface area contributed by atoms with Gasteiger partial charge in [-0.3, -0.25) is 9.59 Å². The molecule has 8 heteroatoms. The zero-order chi connectivity index (χ0) is 25.2. The van der Waals surface area contributed by atoms with Gasteiger partial charge in [0.1, 0.15) is 17.2 Å². The number of carbonyl (C=O) groups excluding carboxylic acids is 1. The number of pyridine rings is 1. The Balaban J connectivity index is 1.83. The summed E-state index contributed by atoms with van der Waals surface area (Å²) in [5.74, 6) is 0.0940. The van der Waals surface area contributed by atoms with E-state index in [1.165, 1.54) is 29.0 Å². The molecule has 1 amide bonds. The maximum atomic E-state index is 13.4. The van der Waals surface area contributed by atoms with Crippen molar-refractivity contribution in [2.75, 3.05) is 11.9 Å². The van der Waals surface area contributed by atoms with E-state index in [2.05, 4.69) is 5.32 Å². The van der Waals surface area contributed by atoms with E-state index in [0.717, 1.165) is 11.1 Å². The third-order valence-electron chi connectivity index (χ3n) is 5.64. The van der Waals surface area contributed by atoms with Crippen LogP contribution >= 0.6 is 0 Å². The zero-order valence-electron chi connectivity index (χ0n) is 19.7. The lowest BCUT2D eigenvalue weighted by Crippen LogP contribution is -2.24. The van der Waals surface area contributed by atoms with Crippen LogP contribution in [0.15, 0.2) is 87.5 Å². The van der Waals surface area contributed by atoms with Gasteiger partial charge < -0.3 is 14.6 Å². The largest absolute Gasteiger partial charge is 0.494 e. The number of aromatic nitrogens is 1. The van der Waals surface area contributed by atoms with Crippen molar-refractivity contribution in [2.45, 2.75) is 37.1 Å². The standard InChI is InChI=1S/C27H26N2O5S/c1-4-34-20-11-13-24-22(15-20)27(31)25(35(32,33)21-8-6-5-7-9-21)16-29(24)17-26(30)28-23-12-10-18(2)14-19(23)3/h5-16H,4,17H2,1-3H3,(H,28,30). The van der Waals surface area contributed by atoms with Gasteiger partial charge >= 0.3 is 0 Å². The molecule has 1 heterocycles. The third kappa shape index (κ3) is 4.97. The van der Waals surface area contributed by atoms with Crippen molar-refractivity contribution in [3.05, 3.63) is 94.3 Å². The molecule has 0 saturated carbocycles. The number of sulfone groups is 1. The molecule has 0 spiro atoms. The number of nitrogens with one attached hydrogen (secondary N) is 1. The van der Waals surface area contributed by atoms with Crippen LogP contribution in [0, 0.1) is 13.8 Å². The van der Waals surface area contributed by atoms with Crippen LogP contribution in [0.5, 0.6) is 5.75 Å². The highest BCUT2D eigenvalue weighted by molar-refractivity contribution is 7.91. The van der Waals surface area contributed by atoms with Gasteiger partial charge in [0, 0.05) is 11.9 Å². The Morgan fingerprint density at radius 2 is 1.74 bits per heavy atom. The maximum absolute atomic E-state index is 13.4. The molecule has 7 nitrogen and oxygen atoms in total. The van der Waals surface area contributed by atoms with Gasteiger partial charge in [-0.1, -0.05) is 35.9 Å². The molecule has 1 N–H and O–H groups in total. The molecule has 4 rings (SSSR count). The lowest BCUT2D eigenvalue weighted by molar-refractivity contribution is -0.116. The lowest BCUT2D eigenvalue weighted by atomic mass is 10.1. The molecule has 0 bridgehead atoms. The average Bonchev–Trinajstić information content (AvgIpc) is 2.83. The van der Waals surface area contributed by atoms with Crippen LogP contribution in [0.1, 0.15) is 18.1 Å². The topological polar surface area (TPSA) is 94.5 Å². The highest BCUT2D eigenvalue weighted by Gasteiger charge is 2.24. The van der Waals surface area contributed by atoms with Crippen LogP contribution in [0.4, 0.5) is 5.69 Å². The first-order valence-corrected chi connectivity index (χ1v) is 12.7. The molecule has 3 aromatic carbocycles. The summed E-state index contributed by atoms with van der Waals surface area (Å²) in [6.07, 6.45) is 1.24. The Morgan fingerprint density at radius 1 is 1.00 bits per heavy atom. The van der Waals surface area contributed by atoms with E-state index in [0.29, 0.717) is 23.6 Å². The number of ether oxygens (including phenoxy) is 1. The summed E-state index contributed by atoms with van der Waals surface area (Å²) >= 11 is 0. The Bertz CT molecular complexity index is 1570. The van der Waals surface area contributed by atoms with Crippen molar-refractivity contribution in [1.29, 1.82) is 0 Å². The van der Waals surface area contributed by atoms with E-state index in [-0.39, 0.29) is 22.7 Å². The molecular formula is C27H26N2O5S. The number of rotatable bonds is 7. The summed E-state index contributed by atoms with van der Waals surface area (Å²) in [5.41, 5.74) is 2.45. The molecule has 180 valence electrons. The number of carbonyl (C=O) groups is 1. The van der Waals surface area contributed by atoms with Crippen molar-refractivity contribution in [1.82, 2.24) is 4.57 Å². The summed E-state index contributed by atoms with van der Waals surface area (Å²) in [4.78, 5) is 25.9. The first kappa shape index (κ1) is 24.2. The first-order valence-electron chi connectivity index (χ1n) is 11.2. The third-order valence-corrected chi connectivity index (χ3v) is 7.41. The quantitative estimate of drug-likeness (QED) is 0.412. The number of hydrogen-bond acceptors (Lipinski definition) is 5. The van der Waals surface area contributed by atoms with Crippen LogP contribution in [0.25, 0.3) is 10.9 Å². The molecule has 0 saturated heterocycles. The Hall–Kier alpha value is -3.91. The predicted octanol–water partition coefficient (Wildman–Crippen LogP) is 4.49. The molecule has 0 atom stereocenters. The molecule has 0 fully saturated rings. The van der Waals surface area contributed by atoms with Crippen LogP contribution in [0.3, 0.4) is 0 Å². The van der Waals surface area contributed by atoms with Gasteiger partial charge in [-0.25, -0.2) is 8.42 Å². The minimum Gasteiger partial charge on any atom is -0.494 e. The number of anilines is 1. The summed E-state index contributed by atoms with van der Waals surface area (Å²) in [6.45, 7) is 5.89. The second-order valence-electron chi connectivity index (χ2n) is 8.25. The number of hydrogen-bond donors (Lipinski definition) is 1. The van der Waals surface area contributed by atoms with Crippen LogP contribution in [-0.2, 0) is 21.2 Å². The number of amides is 1. The minimum atomic E-state index is -4.12. The Labute approximate surface area is 203 Å². The van der Waals surface area contributed by atoms with Crippen LogP contribution in [0.2, 0.25) is 0 Å². The van der Waals surface area contributed by atoms with E-state index in [4.69, 9.17) is 4.74 Å². The van der Waals surface area contributed by atoms with Crippen molar-refractivity contribution in [2.24, 2.45) is 0 Å². The zero-order valence-corrected chi connectivity index (χ0v) is 20.6. The van der Waals surface area contributed by atoms with Gasteiger partial charge in [0.05, 0.1) is 22.4 Å². The summed E-state index contributed by atoms with van der Waals surface area (Å²) in [5, 5.41) is 3.03. The Morgan fingerprint density at radius 3 is 2.43 bits per heavy atom. The van der Waals surface area contributed by atoms with Gasteiger partial charge in [-0.2, -0.15) is 0 Å². The van der Waals surface area contributed by atoms with E-state index < -0.39 is 20.2 Å². The van der Waals surface area contributed by atoms with Crippen LogP contribution < -0.4 is 15.5 Å². The van der Waals surface area contributed by atoms with E-state index in [1.807, 2.05) is 39.0 Å². The normalized spacial score (nSPS) is 11.4. The molecule has 1 aromatic heterocycles. The van der Waals surface area contributed by atoms with Crippen molar-refractivity contribution < 1.29 is 17.9 Å². The maximum Gasteiger partial charge on any atom is 0.244 e. The van der Waals surface area contributed by atoms with E-state index >= 15 is 0 Å². The Kier molecular flexibility index (Phi) is 6.75. The summed E-state index contributed by atoms with van der Waals surface area (Å²) < 4.78 is 33.8. The number of fused-ring (bicyclic) bond motifs is 1. The predicted molar refractivity (Wildman–Crippen MR) is 136 cm³/mol. The lowest BCUT2D eigenvalue weighted by Gasteiger charge is -2.15. The van der Waals surface area contributed by atoms with Crippen molar-refractivity contribution in [3.8, 4) is 5.75 Å². The number of aryl methyl sites for hydroxylation is 2. The SMILES string of the molecule is CCOc1ccc2c(c1)c(=O)c(S(=O)(=O)c1ccccc1)cn2CC(=O)Nc1ccc(C)cc1C. The summed E-state index contributed by atoms with van der Waals surface area (Å²) in [7, 11) is -4.12. The van der Waals surface area contributed by atoms with Crippen molar-refractivity contribution in [3.63, 3.8) is 0 Å². The van der Waals surface area contributed by atoms with Gasteiger partial charge in [-0.05, 0) is 62.7 Å². The van der Waals surface area contributed by atoms with Gasteiger partial charge in [0.15, 0.2) is 0 Å². The molecule has 0 aliphatic rings. The highest BCUT2D eigenvalue weighted by Crippen LogP contribution is 2.24. The molecule has 0 aliphatic heterocycles. The second-order valence-corrected chi connectivity index (χ2v) is 10.2. The fraction of sp³-hybridized carbons (Fsp3) is 0.185. The molecule has 4 aromatic rings.